The molecule has 0 aromatic carbocycles. The van der Waals surface area contributed by atoms with E-state index in [-0.39, 0.29) is 5.75 Å². The Balaban J connectivity index is 2.01. The van der Waals surface area contributed by atoms with Crippen molar-refractivity contribution < 1.29 is 5.11 Å². The minimum absolute atomic E-state index is 0.268. The number of aromatic hydroxyl groups is 1. The summed E-state index contributed by atoms with van der Waals surface area (Å²) in [6.45, 7) is 0. The number of hydrogen-bond donors (Lipinski definition) is 1. The van der Waals surface area contributed by atoms with Crippen molar-refractivity contribution in [3.63, 3.8) is 0 Å². The molecule has 1 N–H and O–H groups in total. The molecule has 0 bridgehead atoms. The van der Waals surface area contributed by atoms with Crippen LogP contribution in [0, 0.1) is 0 Å². The second kappa shape index (κ2) is 3.81. The number of aromatic nitrogens is 2. The monoisotopic (exact) mass is 216 g/mol. The van der Waals surface area contributed by atoms with Gasteiger partial charge in [0.2, 0.25) is 0 Å². The summed E-state index contributed by atoms with van der Waals surface area (Å²) in [6, 6.07) is 3.53. The molecule has 0 unspecified atom stereocenters. The van der Waals surface area contributed by atoms with Crippen molar-refractivity contribution in [3.8, 4) is 5.75 Å². The maximum absolute atomic E-state index is 9.70. The van der Waals surface area contributed by atoms with Crippen LogP contribution in [0.4, 0.5) is 0 Å². The van der Waals surface area contributed by atoms with Gasteiger partial charge in [-0.25, -0.2) is 4.98 Å². The van der Waals surface area contributed by atoms with E-state index in [1.165, 1.54) is 32.1 Å². The second-order valence-corrected chi connectivity index (χ2v) is 4.63. The highest BCUT2D eigenvalue weighted by Crippen LogP contribution is 2.32. The summed E-state index contributed by atoms with van der Waals surface area (Å²) < 4.78 is 1.92. The van der Waals surface area contributed by atoms with Gasteiger partial charge in [0.25, 0.3) is 0 Å². The predicted octanol–water partition coefficient (Wildman–Crippen LogP) is 3.09. The number of hydrogen-bond acceptors (Lipinski definition) is 2. The normalized spacial score (nSPS) is 18.0. The molecule has 84 valence electrons. The first-order valence-corrected chi connectivity index (χ1v) is 6.01. The molecule has 0 radical (unpaired) electrons. The van der Waals surface area contributed by atoms with Gasteiger partial charge in [0.05, 0.1) is 5.69 Å². The number of nitrogens with zero attached hydrogens (tertiary/aromatic N) is 2. The minimum atomic E-state index is 0.268. The lowest BCUT2D eigenvalue weighted by Gasteiger charge is -2.19. The van der Waals surface area contributed by atoms with Crippen LogP contribution >= 0.6 is 0 Å². The van der Waals surface area contributed by atoms with Gasteiger partial charge in [-0.05, 0) is 25.0 Å². The van der Waals surface area contributed by atoms with Crippen LogP contribution in [-0.4, -0.2) is 14.5 Å². The predicted molar refractivity (Wildman–Crippen MR) is 62.7 cm³/mol. The fourth-order valence-electron chi connectivity index (χ4n) is 2.61. The largest absolute Gasteiger partial charge is 0.504 e. The third-order valence-electron chi connectivity index (χ3n) is 3.50. The Labute approximate surface area is 94.7 Å². The Morgan fingerprint density at radius 2 is 2.06 bits per heavy atom. The van der Waals surface area contributed by atoms with Gasteiger partial charge in [-0.1, -0.05) is 19.3 Å². The Morgan fingerprint density at radius 3 is 2.81 bits per heavy atom. The Kier molecular flexibility index (Phi) is 2.31. The number of rotatable bonds is 1. The first-order chi connectivity index (χ1) is 7.84. The lowest BCUT2D eigenvalue weighted by Crippen LogP contribution is -2.04. The molecule has 3 heteroatoms. The summed E-state index contributed by atoms with van der Waals surface area (Å²) >= 11 is 0. The third kappa shape index (κ3) is 1.56. The maximum Gasteiger partial charge on any atom is 0.179 e. The Hall–Kier alpha value is -1.51. The number of imidazole rings is 1. The molecule has 0 atom stereocenters. The van der Waals surface area contributed by atoms with Crippen molar-refractivity contribution in [1.29, 1.82) is 0 Å². The summed E-state index contributed by atoms with van der Waals surface area (Å²) in [6.07, 6.45) is 10.5. The molecule has 0 amide bonds. The molecule has 3 rings (SSSR count). The summed E-state index contributed by atoms with van der Waals surface area (Å²) in [7, 11) is 0. The van der Waals surface area contributed by atoms with Gasteiger partial charge in [-0.3, -0.25) is 0 Å². The highest BCUT2D eigenvalue weighted by Gasteiger charge is 2.18. The SMILES string of the molecule is Oc1cccn2cc(C3CCCCC3)nc12. The maximum atomic E-state index is 9.70. The van der Waals surface area contributed by atoms with Crippen molar-refractivity contribution in [2.45, 2.75) is 38.0 Å². The molecule has 2 aromatic rings. The van der Waals surface area contributed by atoms with Crippen LogP contribution in [0.1, 0.15) is 43.7 Å². The van der Waals surface area contributed by atoms with Crippen LogP contribution in [0.15, 0.2) is 24.5 Å². The van der Waals surface area contributed by atoms with E-state index in [4.69, 9.17) is 0 Å². The van der Waals surface area contributed by atoms with Crippen molar-refractivity contribution in [3.05, 3.63) is 30.2 Å². The van der Waals surface area contributed by atoms with E-state index in [9.17, 15) is 5.11 Å². The first kappa shape index (κ1) is 9.70. The van der Waals surface area contributed by atoms with E-state index in [0.717, 1.165) is 5.69 Å². The smallest absolute Gasteiger partial charge is 0.179 e. The molecule has 0 saturated heterocycles. The number of fused-ring (bicyclic) bond motifs is 1. The molecule has 16 heavy (non-hydrogen) atoms. The van der Waals surface area contributed by atoms with Crippen molar-refractivity contribution in [1.82, 2.24) is 9.38 Å². The molecule has 0 spiro atoms. The Bertz CT molecular complexity index is 498. The van der Waals surface area contributed by atoms with E-state index in [0.29, 0.717) is 11.6 Å². The molecular weight excluding hydrogens is 200 g/mol. The topological polar surface area (TPSA) is 37.5 Å². The fourth-order valence-corrected chi connectivity index (χ4v) is 2.61. The quantitative estimate of drug-likeness (QED) is 0.795. The highest BCUT2D eigenvalue weighted by molar-refractivity contribution is 5.53. The molecule has 1 saturated carbocycles. The summed E-state index contributed by atoms with van der Waals surface area (Å²) in [4.78, 5) is 4.55. The molecule has 2 heterocycles. The molecule has 2 aromatic heterocycles. The molecule has 1 aliphatic rings. The minimum Gasteiger partial charge on any atom is -0.504 e. The lowest BCUT2D eigenvalue weighted by molar-refractivity contribution is 0.437. The van der Waals surface area contributed by atoms with Gasteiger partial charge in [-0.2, -0.15) is 0 Å². The van der Waals surface area contributed by atoms with Crippen molar-refractivity contribution in [2.75, 3.05) is 0 Å². The van der Waals surface area contributed by atoms with Crippen LogP contribution < -0.4 is 0 Å². The van der Waals surface area contributed by atoms with Crippen LogP contribution in [0.5, 0.6) is 5.75 Å². The van der Waals surface area contributed by atoms with E-state index >= 15 is 0 Å². The van der Waals surface area contributed by atoms with Gasteiger partial charge in [0.15, 0.2) is 11.4 Å². The number of pyridine rings is 1. The second-order valence-electron chi connectivity index (χ2n) is 4.63. The van der Waals surface area contributed by atoms with Crippen LogP contribution in [0.25, 0.3) is 5.65 Å². The van der Waals surface area contributed by atoms with E-state index in [1.807, 2.05) is 16.7 Å². The fraction of sp³-hybridized carbons (Fsp3) is 0.462. The average Bonchev–Trinajstić information content (AvgIpc) is 2.76. The molecule has 0 aliphatic heterocycles. The van der Waals surface area contributed by atoms with Gasteiger partial charge < -0.3 is 9.51 Å². The van der Waals surface area contributed by atoms with Gasteiger partial charge in [-0.15, -0.1) is 0 Å². The lowest BCUT2D eigenvalue weighted by atomic mass is 9.87. The van der Waals surface area contributed by atoms with E-state index in [2.05, 4.69) is 11.2 Å². The van der Waals surface area contributed by atoms with Gasteiger partial charge in [0, 0.05) is 18.3 Å². The Morgan fingerprint density at radius 1 is 1.25 bits per heavy atom. The average molecular weight is 216 g/mol. The zero-order valence-electron chi connectivity index (χ0n) is 9.26. The van der Waals surface area contributed by atoms with E-state index < -0.39 is 0 Å². The molecular formula is C13H16N2O. The van der Waals surface area contributed by atoms with Crippen LogP contribution in [-0.2, 0) is 0 Å². The summed E-state index contributed by atoms with van der Waals surface area (Å²) in [5.74, 6) is 0.859. The third-order valence-corrected chi connectivity index (χ3v) is 3.50. The first-order valence-electron chi connectivity index (χ1n) is 6.01. The highest BCUT2D eigenvalue weighted by atomic mass is 16.3. The molecule has 1 fully saturated rings. The zero-order valence-corrected chi connectivity index (χ0v) is 9.26. The van der Waals surface area contributed by atoms with Gasteiger partial charge >= 0.3 is 0 Å². The zero-order chi connectivity index (χ0) is 11.0. The van der Waals surface area contributed by atoms with Gasteiger partial charge in [0.1, 0.15) is 0 Å². The standard InChI is InChI=1S/C13H16N2O/c16-12-7-4-8-15-9-11(14-13(12)15)10-5-2-1-3-6-10/h4,7-10,16H,1-3,5-6H2. The summed E-state index contributed by atoms with van der Waals surface area (Å²) in [5.41, 5.74) is 1.82. The molecule has 3 nitrogen and oxygen atoms in total. The molecule has 1 aliphatic carbocycles. The van der Waals surface area contributed by atoms with Crippen LogP contribution in [0.3, 0.4) is 0 Å². The van der Waals surface area contributed by atoms with Crippen molar-refractivity contribution in [2.24, 2.45) is 0 Å². The van der Waals surface area contributed by atoms with Crippen LogP contribution in [0.2, 0.25) is 0 Å². The summed E-state index contributed by atoms with van der Waals surface area (Å²) in [5, 5.41) is 9.70. The van der Waals surface area contributed by atoms with Crippen molar-refractivity contribution >= 4 is 5.65 Å². The van der Waals surface area contributed by atoms with E-state index in [1.54, 1.807) is 6.07 Å².